The number of hydrogen-bond donors (Lipinski definition) is 1. The Labute approximate surface area is 106 Å². The topological polar surface area (TPSA) is 64.3 Å². The van der Waals surface area contributed by atoms with Crippen molar-refractivity contribution in [3.63, 3.8) is 0 Å². The van der Waals surface area contributed by atoms with Gasteiger partial charge in [-0.2, -0.15) is 0 Å². The van der Waals surface area contributed by atoms with Gasteiger partial charge in [0.25, 0.3) is 0 Å². The molecule has 1 aromatic rings. The Hall–Kier alpha value is -1.36. The number of nitrogens with zero attached hydrogens (tertiary/aromatic N) is 2. The molecule has 2 atom stereocenters. The Morgan fingerprint density at radius 2 is 2.44 bits per heavy atom. The minimum absolute atomic E-state index is 0.246. The van der Waals surface area contributed by atoms with Crippen LogP contribution in [0.2, 0.25) is 0 Å². The number of carboxylic acid groups (broad SMARTS) is 1. The molecule has 3 heterocycles. The minimum Gasteiger partial charge on any atom is -0.481 e. The van der Waals surface area contributed by atoms with E-state index in [4.69, 9.17) is 9.84 Å². The highest BCUT2D eigenvalue weighted by molar-refractivity contribution is 5.70. The number of imidazole rings is 1. The zero-order chi connectivity index (χ0) is 12.5. The van der Waals surface area contributed by atoms with Crippen molar-refractivity contribution in [2.75, 3.05) is 6.61 Å². The second-order valence-corrected chi connectivity index (χ2v) is 5.18. The van der Waals surface area contributed by atoms with Gasteiger partial charge in [0.15, 0.2) is 0 Å². The number of carbonyl (C=O) groups is 1. The van der Waals surface area contributed by atoms with Gasteiger partial charge in [-0.15, -0.1) is 0 Å². The number of rotatable bonds is 3. The summed E-state index contributed by atoms with van der Waals surface area (Å²) in [7, 11) is 0. The highest BCUT2D eigenvalue weighted by Gasteiger charge is 2.27. The molecule has 5 heteroatoms. The number of aliphatic carboxylic acids is 1. The van der Waals surface area contributed by atoms with E-state index < -0.39 is 5.97 Å². The van der Waals surface area contributed by atoms with E-state index in [0.717, 1.165) is 43.9 Å². The van der Waals surface area contributed by atoms with Crippen LogP contribution in [-0.2, 0) is 28.9 Å². The number of aromatic nitrogens is 2. The van der Waals surface area contributed by atoms with Gasteiger partial charge in [0, 0.05) is 37.9 Å². The molecule has 0 saturated carbocycles. The van der Waals surface area contributed by atoms with Crippen molar-refractivity contribution in [1.29, 1.82) is 0 Å². The predicted molar refractivity (Wildman–Crippen MR) is 64.4 cm³/mol. The maximum Gasteiger partial charge on any atom is 0.306 e. The number of ether oxygens (including phenoxy) is 1. The largest absolute Gasteiger partial charge is 0.481 e. The highest BCUT2D eigenvalue weighted by atomic mass is 16.5. The average molecular weight is 250 g/mol. The number of hydrogen-bond acceptors (Lipinski definition) is 3. The lowest BCUT2D eigenvalue weighted by molar-refractivity contribution is -0.142. The normalized spacial score (nSPS) is 27.1. The standard InChI is InChI=1S/C13H18N2O3/c16-13(17)9-3-4-15-10(6-9)8-14-12(15)7-11-2-1-5-18-11/h8-9,11H,1-7H2,(H,16,17). The molecule has 2 aliphatic rings. The van der Waals surface area contributed by atoms with Crippen molar-refractivity contribution in [2.24, 2.45) is 5.92 Å². The summed E-state index contributed by atoms with van der Waals surface area (Å²) in [5.41, 5.74) is 1.06. The van der Waals surface area contributed by atoms with Crippen LogP contribution >= 0.6 is 0 Å². The van der Waals surface area contributed by atoms with Crippen molar-refractivity contribution < 1.29 is 14.6 Å². The van der Waals surface area contributed by atoms with Crippen LogP contribution in [0.1, 0.15) is 30.8 Å². The lowest BCUT2D eigenvalue weighted by atomic mass is 9.96. The Morgan fingerprint density at radius 1 is 1.56 bits per heavy atom. The average Bonchev–Trinajstić information content (AvgIpc) is 2.99. The van der Waals surface area contributed by atoms with Crippen LogP contribution in [0.4, 0.5) is 0 Å². The van der Waals surface area contributed by atoms with Gasteiger partial charge in [-0.3, -0.25) is 4.79 Å². The van der Waals surface area contributed by atoms with E-state index in [2.05, 4.69) is 9.55 Å². The predicted octanol–water partition coefficient (Wildman–Crippen LogP) is 1.25. The molecule has 1 fully saturated rings. The van der Waals surface area contributed by atoms with Gasteiger partial charge in [0.05, 0.1) is 12.0 Å². The molecule has 0 aromatic carbocycles. The summed E-state index contributed by atoms with van der Waals surface area (Å²) in [5, 5.41) is 9.05. The molecule has 98 valence electrons. The molecular weight excluding hydrogens is 232 g/mol. The summed E-state index contributed by atoms with van der Waals surface area (Å²) in [5.74, 6) is 0.119. The van der Waals surface area contributed by atoms with Gasteiger partial charge >= 0.3 is 5.97 Å². The van der Waals surface area contributed by atoms with E-state index in [0.29, 0.717) is 18.9 Å². The first-order chi connectivity index (χ1) is 8.74. The molecule has 1 saturated heterocycles. The summed E-state index contributed by atoms with van der Waals surface area (Å²) in [6.07, 6.45) is 6.55. The second-order valence-electron chi connectivity index (χ2n) is 5.18. The molecule has 0 spiro atoms. The van der Waals surface area contributed by atoms with Gasteiger partial charge in [-0.05, 0) is 19.3 Å². The fraction of sp³-hybridized carbons (Fsp3) is 0.692. The fourth-order valence-corrected chi connectivity index (χ4v) is 2.91. The molecule has 0 radical (unpaired) electrons. The molecule has 2 aliphatic heterocycles. The Bertz CT molecular complexity index is 449. The number of fused-ring (bicyclic) bond motifs is 1. The maximum atomic E-state index is 11.0. The maximum absolute atomic E-state index is 11.0. The molecule has 0 amide bonds. The van der Waals surface area contributed by atoms with Gasteiger partial charge in [-0.1, -0.05) is 0 Å². The van der Waals surface area contributed by atoms with Crippen LogP contribution in [0.3, 0.4) is 0 Å². The first-order valence-electron chi connectivity index (χ1n) is 6.61. The zero-order valence-corrected chi connectivity index (χ0v) is 10.3. The van der Waals surface area contributed by atoms with Gasteiger partial charge in [-0.25, -0.2) is 4.98 Å². The number of carboxylic acids is 1. The molecular formula is C13H18N2O3. The van der Waals surface area contributed by atoms with Crippen LogP contribution < -0.4 is 0 Å². The molecule has 0 bridgehead atoms. The van der Waals surface area contributed by atoms with Gasteiger partial charge in [0.2, 0.25) is 0 Å². The van der Waals surface area contributed by atoms with Crippen molar-refractivity contribution in [1.82, 2.24) is 9.55 Å². The lowest BCUT2D eigenvalue weighted by Crippen LogP contribution is -2.26. The quantitative estimate of drug-likeness (QED) is 0.877. The Balaban J connectivity index is 1.73. The SMILES string of the molecule is O=C(O)C1CCn2c(cnc2CC2CCCO2)C1. The summed E-state index contributed by atoms with van der Waals surface area (Å²) in [6.45, 7) is 1.63. The summed E-state index contributed by atoms with van der Waals surface area (Å²) in [4.78, 5) is 15.4. The van der Waals surface area contributed by atoms with E-state index in [-0.39, 0.29) is 5.92 Å². The first-order valence-corrected chi connectivity index (χ1v) is 6.61. The van der Waals surface area contributed by atoms with Crippen LogP contribution in [-0.4, -0.2) is 33.3 Å². The third-order valence-corrected chi connectivity index (χ3v) is 3.96. The third-order valence-electron chi connectivity index (χ3n) is 3.96. The van der Waals surface area contributed by atoms with Crippen LogP contribution in [0.15, 0.2) is 6.20 Å². The molecule has 3 rings (SSSR count). The van der Waals surface area contributed by atoms with E-state index in [1.165, 1.54) is 0 Å². The van der Waals surface area contributed by atoms with Gasteiger partial charge < -0.3 is 14.4 Å². The highest BCUT2D eigenvalue weighted by Crippen LogP contribution is 2.24. The van der Waals surface area contributed by atoms with E-state index in [1.54, 1.807) is 0 Å². The molecule has 5 nitrogen and oxygen atoms in total. The molecule has 1 aromatic heterocycles. The van der Waals surface area contributed by atoms with E-state index >= 15 is 0 Å². The zero-order valence-electron chi connectivity index (χ0n) is 10.3. The Morgan fingerprint density at radius 3 is 3.17 bits per heavy atom. The summed E-state index contributed by atoms with van der Waals surface area (Å²) >= 11 is 0. The monoisotopic (exact) mass is 250 g/mol. The van der Waals surface area contributed by atoms with Crippen molar-refractivity contribution in [3.05, 3.63) is 17.7 Å². The second kappa shape index (κ2) is 4.72. The molecule has 18 heavy (non-hydrogen) atoms. The van der Waals surface area contributed by atoms with Crippen LogP contribution in [0.5, 0.6) is 0 Å². The third kappa shape index (κ3) is 2.14. The molecule has 1 N–H and O–H groups in total. The molecule has 0 aliphatic carbocycles. The summed E-state index contributed by atoms with van der Waals surface area (Å²) < 4.78 is 7.81. The minimum atomic E-state index is -0.692. The first kappa shape index (κ1) is 11.7. The lowest BCUT2D eigenvalue weighted by Gasteiger charge is -2.22. The van der Waals surface area contributed by atoms with Crippen molar-refractivity contribution >= 4 is 5.97 Å². The van der Waals surface area contributed by atoms with Crippen molar-refractivity contribution in [2.45, 2.75) is 44.8 Å². The van der Waals surface area contributed by atoms with Gasteiger partial charge in [0.1, 0.15) is 5.82 Å². The Kier molecular flexibility index (Phi) is 3.07. The van der Waals surface area contributed by atoms with E-state index in [1.807, 2.05) is 6.20 Å². The summed E-state index contributed by atoms with van der Waals surface area (Å²) in [6, 6.07) is 0. The van der Waals surface area contributed by atoms with Crippen molar-refractivity contribution in [3.8, 4) is 0 Å². The van der Waals surface area contributed by atoms with Crippen LogP contribution in [0, 0.1) is 5.92 Å². The van der Waals surface area contributed by atoms with E-state index in [9.17, 15) is 4.79 Å². The fourth-order valence-electron chi connectivity index (χ4n) is 2.91. The van der Waals surface area contributed by atoms with Crippen LogP contribution in [0.25, 0.3) is 0 Å². The molecule has 2 unspecified atom stereocenters. The smallest absolute Gasteiger partial charge is 0.306 e.